The first-order chi connectivity index (χ1) is 12.0. The molecule has 0 unspecified atom stereocenters. The lowest BCUT2D eigenvalue weighted by molar-refractivity contribution is 0.102. The summed E-state index contributed by atoms with van der Waals surface area (Å²) in [5.41, 5.74) is 9.04. The highest BCUT2D eigenvalue weighted by Gasteiger charge is 2.20. The fraction of sp³-hybridized carbons (Fsp3) is 0.316. The SMILES string of the molecule is C[C@H]1CCCCN1c1ccc(NC(=O)c2ccc(Cl)c(Cl)c2)cc1N. The van der Waals surface area contributed by atoms with E-state index in [1.54, 1.807) is 24.3 Å². The molecule has 25 heavy (non-hydrogen) atoms. The van der Waals surface area contributed by atoms with Crippen molar-refractivity contribution in [3.05, 3.63) is 52.0 Å². The van der Waals surface area contributed by atoms with E-state index in [1.165, 1.54) is 19.3 Å². The van der Waals surface area contributed by atoms with Gasteiger partial charge in [-0.25, -0.2) is 0 Å². The Bertz CT molecular complexity index is 794. The molecule has 1 saturated heterocycles. The largest absolute Gasteiger partial charge is 0.397 e. The van der Waals surface area contributed by atoms with Crippen molar-refractivity contribution in [2.45, 2.75) is 32.2 Å². The third-order valence-corrected chi connectivity index (χ3v) is 5.32. The van der Waals surface area contributed by atoms with Crippen molar-refractivity contribution in [1.29, 1.82) is 0 Å². The number of carbonyl (C=O) groups excluding carboxylic acids is 1. The fourth-order valence-electron chi connectivity index (χ4n) is 3.19. The maximum atomic E-state index is 12.4. The summed E-state index contributed by atoms with van der Waals surface area (Å²) in [6.45, 7) is 3.24. The van der Waals surface area contributed by atoms with E-state index in [-0.39, 0.29) is 5.91 Å². The topological polar surface area (TPSA) is 58.4 Å². The lowest BCUT2D eigenvalue weighted by Crippen LogP contribution is -2.37. The van der Waals surface area contributed by atoms with Crippen LogP contribution in [0.5, 0.6) is 0 Å². The number of nitrogens with two attached hydrogens (primary N) is 1. The van der Waals surface area contributed by atoms with Crippen molar-refractivity contribution in [1.82, 2.24) is 0 Å². The Morgan fingerprint density at radius 3 is 2.64 bits per heavy atom. The fourth-order valence-corrected chi connectivity index (χ4v) is 3.49. The van der Waals surface area contributed by atoms with Crippen LogP contribution in [0.4, 0.5) is 17.1 Å². The molecule has 0 bridgehead atoms. The minimum absolute atomic E-state index is 0.253. The van der Waals surface area contributed by atoms with Gasteiger partial charge in [0.1, 0.15) is 0 Å². The van der Waals surface area contributed by atoms with Crippen molar-refractivity contribution in [3.63, 3.8) is 0 Å². The zero-order valence-electron chi connectivity index (χ0n) is 14.1. The number of benzene rings is 2. The van der Waals surface area contributed by atoms with E-state index in [0.29, 0.717) is 33.0 Å². The van der Waals surface area contributed by atoms with Crippen LogP contribution in [0.2, 0.25) is 10.0 Å². The van der Waals surface area contributed by atoms with Crippen LogP contribution in [-0.4, -0.2) is 18.5 Å². The maximum absolute atomic E-state index is 12.4. The van der Waals surface area contributed by atoms with Gasteiger partial charge in [-0.15, -0.1) is 0 Å². The molecular formula is C19H21Cl2N3O. The first-order valence-electron chi connectivity index (χ1n) is 8.38. The first-order valence-corrected chi connectivity index (χ1v) is 9.14. The molecule has 0 saturated carbocycles. The van der Waals surface area contributed by atoms with E-state index in [4.69, 9.17) is 28.9 Å². The summed E-state index contributed by atoms with van der Waals surface area (Å²) >= 11 is 11.9. The van der Waals surface area contributed by atoms with E-state index >= 15 is 0 Å². The van der Waals surface area contributed by atoms with Gasteiger partial charge in [-0.2, -0.15) is 0 Å². The van der Waals surface area contributed by atoms with Crippen LogP contribution in [0.25, 0.3) is 0 Å². The summed E-state index contributed by atoms with van der Waals surface area (Å²) in [5, 5.41) is 3.62. The van der Waals surface area contributed by atoms with Gasteiger partial charge in [0.05, 0.1) is 21.4 Å². The molecule has 1 fully saturated rings. The molecule has 1 heterocycles. The number of anilines is 3. The van der Waals surface area contributed by atoms with Crippen LogP contribution in [0.3, 0.4) is 0 Å². The molecule has 1 aliphatic rings. The van der Waals surface area contributed by atoms with Crippen molar-refractivity contribution < 1.29 is 4.79 Å². The molecule has 2 aromatic rings. The van der Waals surface area contributed by atoms with Gasteiger partial charge in [-0.3, -0.25) is 4.79 Å². The van der Waals surface area contributed by atoms with Gasteiger partial charge in [0.25, 0.3) is 5.91 Å². The van der Waals surface area contributed by atoms with Gasteiger partial charge in [0.2, 0.25) is 0 Å². The van der Waals surface area contributed by atoms with E-state index in [2.05, 4.69) is 17.1 Å². The number of amides is 1. The molecule has 1 aliphatic heterocycles. The second-order valence-corrected chi connectivity index (χ2v) is 7.21. The Morgan fingerprint density at radius 1 is 1.16 bits per heavy atom. The molecule has 0 aliphatic carbocycles. The van der Waals surface area contributed by atoms with Gasteiger partial charge in [0.15, 0.2) is 0 Å². The van der Waals surface area contributed by atoms with Gasteiger partial charge in [0, 0.05) is 23.8 Å². The Kier molecular flexibility index (Phi) is 5.40. The second-order valence-electron chi connectivity index (χ2n) is 6.39. The number of piperidine rings is 1. The molecule has 0 aromatic heterocycles. The van der Waals surface area contributed by atoms with Crippen LogP contribution >= 0.6 is 23.2 Å². The van der Waals surface area contributed by atoms with Crippen molar-refractivity contribution in [3.8, 4) is 0 Å². The normalized spacial score (nSPS) is 17.4. The highest BCUT2D eigenvalue weighted by atomic mass is 35.5. The van der Waals surface area contributed by atoms with Gasteiger partial charge in [-0.05, 0) is 62.6 Å². The summed E-state index contributed by atoms with van der Waals surface area (Å²) in [5.74, 6) is -0.253. The predicted molar refractivity (Wildman–Crippen MR) is 106 cm³/mol. The molecular weight excluding hydrogens is 357 g/mol. The molecule has 6 heteroatoms. The number of hydrogen-bond acceptors (Lipinski definition) is 3. The maximum Gasteiger partial charge on any atom is 0.255 e. The molecule has 4 nitrogen and oxygen atoms in total. The summed E-state index contributed by atoms with van der Waals surface area (Å²) in [6.07, 6.45) is 3.62. The van der Waals surface area contributed by atoms with Crippen LogP contribution in [0.15, 0.2) is 36.4 Å². The Hall–Kier alpha value is -1.91. The minimum Gasteiger partial charge on any atom is -0.397 e. The quantitative estimate of drug-likeness (QED) is 0.721. The van der Waals surface area contributed by atoms with Crippen molar-refractivity contribution in [2.75, 3.05) is 22.5 Å². The smallest absolute Gasteiger partial charge is 0.255 e. The lowest BCUT2D eigenvalue weighted by Gasteiger charge is -2.36. The lowest BCUT2D eigenvalue weighted by atomic mass is 10.0. The predicted octanol–water partition coefficient (Wildman–Crippen LogP) is 5.21. The highest BCUT2D eigenvalue weighted by molar-refractivity contribution is 6.42. The molecule has 0 radical (unpaired) electrons. The number of halogens is 2. The Balaban J connectivity index is 1.76. The highest BCUT2D eigenvalue weighted by Crippen LogP contribution is 2.32. The third kappa shape index (κ3) is 4.02. The zero-order valence-corrected chi connectivity index (χ0v) is 15.6. The summed E-state index contributed by atoms with van der Waals surface area (Å²) in [6, 6.07) is 10.9. The summed E-state index contributed by atoms with van der Waals surface area (Å²) < 4.78 is 0. The average Bonchev–Trinajstić information content (AvgIpc) is 2.58. The van der Waals surface area contributed by atoms with Gasteiger partial charge in [-0.1, -0.05) is 23.2 Å². The van der Waals surface area contributed by atoms with Crippen molar-refractivity contribution >= 4 is 46.2 Å². The Labute approximate surface area is 157 Å². The average molecular weight is 378 g/mol. The second kappa shape index (κ2) is 7.54. The van der Waals surface area contributed by atoms with Crippen LogP contribution in [0.1, 0.15) is 36.5 Å². The number of nitrogens with zero attached hydrogens (tertiary/aromatic N) is 1. The molecule has 0 spiro atoms. The number of nitrogen functional groups attached to an aromatic ring is 1. The third-order valence-electron chi connectivity index (χ3n) is 4.58. The summed E-state index contributed by atoms with van der Waals surface area (Å²) in [4.78, 5) is 14.7. The minimum atomic E-state index is -0.253. The molecule has 3 N–H and O–H groups in total. The monoisotopic (exact) mass is 377 g/mol. The van der Waals surface area contributed by atoms with E-state index in [1.807, 2.05) is 12.1 Å². The van der Waals surface area contributed by atoms with E-state index in [0.717, 1.165) is 12.2 Å². The number of hydrogen-bond donors (Lipinski definition) is 2. The number of nitrogens with one attached hydrogen (secondary N) is 1. The van der Waals surface area contributed by atoms with Gasteiger partial charge >= 0.3 is 0 Å². The van der Waals surface area contributed by atoms with Crippen molar-refractivity contribution in [2.24, 2.45) is 0 Å². The first kappa shape index (κ1) is 17.9. The number of rotatable bonds is 3. The molecule has 2 aromatic carbocycles. The van der Waals surface area contributed by atoms with Crippen LogP contribution in [0, 0.1) is 0 Å². The molecule has 1 amide bonds. The van der Waals surface area contributed by atoms with Crippen LogP contribution < -0.4 is 16.0 Å². The van der Waals surface area contributed by atoms with Crippen LogP contribution in [-0.2, 0) is 0 Å². The number of carbonyl (C=O) groups is 1. The standard InChI is InChI=1S/C19H21Cl2N3O/c1-12-4-2-3-9-24(12)18-8-6-14(11-17(18)22)23-19(25)13-5-7-15(20)16(21)10-13/h5-8,10-12H,2-4,9,22H2,1H3,(H,23,25)/t12-/m0/s1. The van der Waals surface area contributed by atoms with E-state index in [9.17, 15) is 4.79 Å². The zero-order chi connectivity index (χ0) is 18.0. The van der Waals surface area contributed by atoms with E-state index < -0.39 is 0 Å². The molecule has 1 atom stereocenters. The summed E-state index contributed by atoms with van der Waals surface area (Å²) in [7, 11) is 0. The molecule has 132 valence electrons. The molecule has 3 rings (SSSR count). The Morgan fingerprint density at radius 2 is 1.96 bits per heavy atom. The van der Waals surface area contributed by atoms with Gasteiger partial charge < -0.3 is 16.0 Å².